The highest BCUT2D eigenvalue weighted by Crippen LogP contribution is 2.26. The number of amides is 1. The number of fused-ring (bicyclic) bond motifs is 1. The average molecular weight is 398 g/mol. The summed E-state index contributed by atoms with van der Waals surface area (Å²) in [6, 6.07) is 5.63. The number of nitrogens with one attached hydrogen (secondary N) is 1. The Morgan fingerprint density at radius 3 is 2.89 bits per heavy atom. The van der Waals surface area contributed by atoms with Crippen molar-refractivity contribution < 1.29 is 9.53 Å². The van der Waals surface area contributed by atoms with Crippen molar-refractivity contribution in [2.45, 2.75) is 25.8 Å². The van der Waals surface area contributed by atoms with Crippen LogP contribution in [0, 0.1) is 26.2 Å². The second kappa shape index (κ2) is 8.42. The predicted molar refractivity (Wildman–Crippen MR) is 111 cm³/mol. The second-order valence-electron chi connectivity index (χ2n) is 5.97. The van der Waals surface area contributed by atoms with Crippen LogP contribution in [0.3, 0.4) is 0 Å². The highest BCUT2D eigenvalue weighted by Gasteiger charge is 2.20. The number of hydrogen-bond donors (Lipinski definition) is 1. The van der Waals surface area contributed by atoms with Crippen LogP contribution in [0.5, 0.6) is 5.75 Å². The van der Waals surface area contributed by atoms with Gasteiger partial charge < -0.3 is 10.1 Å². The Labute approximate surface area is 166 Å². The molecule has 0 spiro atoms. The van der Waals surface area contributed by atoms with Gasteiger partial charge in [-0.3, -0.25) is 9.78 Å². The van der Waals surface area contributed by atoms with Crippen LogP contribution in [-0.4, -0.2) is 27.6 Å². The third-order valence-electron chi connectivity index (χ3n) is 3.87. The van der Waals surface area contributed by atoms with Crippen molar-refractivity contribution in [3.63, 3.8) is 0 Å². The minimum atomic E-state index is -0.660. The van der Waals surface area contributed by atoms with Crippen molar-refractivity contribution >= 4 is 39.9 Å². The molecule has 0 aliphatic carbocycles. The Hall–Kier alpha value is -2.56. The summed E-state index contributed by atoms with van der Waals surface area (Å²) in [7, 11) is 0. The van der Waals surface area contributed by atoms with E-state index < -0.39 is 5.44 Å². The number of ether oxygens (including phenoxy) is 1. The van der Waals surface area contributed by atoms with Crippen LogP contribution in [0.4, 0.5) is 0 Å². The fraction of sp³-hybridized carbons (Fsp3) is 0.250. The Morgan fingerprint density at radius 2 is 2.22 bits per heavy atom. The maximum absolute atomic E-state index is 12.5. The summed E-state index contributed by atoms with van der Waals surface area (Å²) < 4.78 is 5.94. The molecule has 1 atom stereocenters. The van der Waals surface area contributed by atoms with Gasteiger partial charge in [0.2, 0.25) is 5.44 Å². The molecule has 1 unspecified atom stereocenters. The van der Waals surface area contributed by atoms with Gasteiger partial charge in [0, 0.05) is 28.2 Å². The van der Waals surface area contributed by atoms with Gasteiger partial charge in [0.05, 0.1) is 12.1 Å². The first-order chi connectivity index (χ1) is 13.0. The van der Waals surface area contributed by atoms with E-state index in [1.54, 1.807) is 6.20 Å². The normalized spacial score (nSPS) is 11.8. The number of rotatable bonds is 6. The van der Waals surface area contributed by atoms with Gasteiger partial charge in [-0.2, -0.15) is 0 Å². The molecule has 0 saturated heterocycles. The molecule has 0 bridgehead atoms. The van der Waals surface area contributed by atoms with Crippen molar-refractivity contribution in [1.82, 2.24) is 15.3 Å². The van der Waals surface area contributed by atoms with E-state index in [4.69, 9.17) is 11.2 Å². The largest absolute Gasteiger partial charge is 0.470 e. The lowest BCUT2D eigenvalue weighted by molar-refractivity contribution is -0.124. The summed E-state index contributed by atoms with van der Waals surface area (Å²) in [5, 5.41) is 6.60. The van der Waals surface area contributed by atoms with Gasteiger partial charge in [0.25, 0.3) is 5.91 Å². The number of hydrogen-bond acceptors (Lipinski definition) is 6. The molecule has 27 heavy (non-hydrogen) atoms. The summed E-state index contributed by atoms with van der Waals surface area (Å²) >= 11 is 2.86. The zero-order chi connectivity index (χ0) is 19.4. The molecule has 2 aromatic heterocycles. The summed E-state index contributed by atoms with van der Waals surface area (Å²) in [6.07, 6.45) is 8.97. The fourth-order valence-electron chi connectivity index (χ4n) is 2.61. The fourth-order valence-corrected chi connectivity index (χ4v) is 3.82. The number of nitrogens with zero attached hydrogens (tertiary/aromatic N) is 2. The van der Waals surface area contributed by atoms with Crippen LogP contribution in [-0.2, 0) is 11.3 Å². The Balaban J connectivity index is 1.75. The smallest absolute Gasteiger partial charge is 0.272 e. The van der Waals surface area contributed by atoms with Gasteiger partial charge in [-0.1, -0.05) is 5.92 Å². The van der Waals surface area contributed by atoms with Crippen LogP contribution >= 0.6 is 23.1 Å². The predicted octanol–water partition coefficient (Wildman–Crippen LogP) is 3.67. The standard InChI is InChI=1S/C20H19N3O2S2/c1-5-14-7-15-8-16(6-12(2)18(15)21-9-14)25-20(26-4)19(24)22-10-17-23-13(3)11-27-17/h1,6-9,11,20H,10H2,2-4H3,(H,22,24). The van der Waals surface area contributed by atoms with E-state index in [-0.39, 0.29) is 5.91 Å². The van der Waals surface area contributed by atoms with Crippen molar-refractivity contribution in [2.75, 3.05) is 6.26 Å². The Kier molecular flexibility index (Phi) is 5.99. The number of aromatic nitrogens is 2. The van der Waals surface area contributed by atoms with Gasteiger partial charge in [0.15, 0.2) is 0 Å². The molecule has 1 N–H and O–H groups in total. The molecular weight excluding hydrogens is 378 g/mol. The third kappa shape index (κ3) is 4.59. The van der Waals surface area contributed by atoms with Crippen molar-refractivity contribution in [1.29, 1.82) is 0 Å². The van der Waals surface area contributed by atoms with E-state index in [2.05, 4.69) is 21.2 Å². The minimum absolute atomic E-state index is 0.191. The summed E-state index contributed by atoms with van der Waals surface area (Å²) in [6.45, 7) is 4.28. The first kappa shape index (κ1) is 19.2. The van der Waals surface area contributed by atoms with Gasteiger partial charge in [0.1, 0.15) is 10.8 Å². The minimum Gasteiger partial charge on any atom is -0.470 e. The number of carbonyl (C=O) groups is 1. The lowest BCUT2D eigenvalue weighted by Crippen LogP contribution is -2.35. The van der Waals surface area contributed by atoms with Gasteiger partial charge in [-0.15, -0.1) is 29.5 Å². The highest BCUT2D eigenvalue weighted by molar-refractivity contribution is 7.99. The van der Waals surface area contributed by atoms with Crippen LogP contribution in [0.15, 0.2) is 29.8 Å². The molecule has 0 radical (unpaired) electrons. The number of thiazole rings is 1. The summed E-state index contributed by atoms with van der Waals surface area (Å²) in [4.78, 5) is 21.2. The third-order valence-corrected chi connectivity index (χ3v) is 5.57. The molecule has 0 fully saturated rings. The van der Waals surface area contributed by atoms with Crippen molar-refractivity contribution in [3.05, 3.63) is 51.6 Å². The van der Waals surface area contributed by atoms with E-state index in [1.807, 2.05) is 43.7 Å². The molecule has 1 aromatic carbocycles. The first-order valence-corrected chi connectivity index (χ1v) is 10.4. The molecule has 0 aliphatic rings. The molecule has 1 amide bonds. The highest BCUT2D eigenvalue weighted by atomic mass is 32.2. The first-order valence-electron chi connectivity index (χ1n) is 8.25. The quantitative estimate of drug-likeness (QED) is 0.508. The molecular formula is C20H19N3O2S2. The van der Waals surface area contributed by atoms with Gasteiger partial charge >= 0.3 is 0 Å². The SMILES string of the molecule is C#Cc1cnc2c(C)cc(OC(SC)C(=O)NCc3nc(C)cs3)cc2c1. The molecule has 3 rings (SSSR count). The molecule has 0 saturated carbocycles. The van der Waals surface area contributed by atoms with Crippen LogP contribution in [0.2, 0.25) is 0 Å². The summed E-state index contributed by atoms with van der Waals surface area (Å²) in [5.41, 5.74) is 2.83. The molecule has 5 nitrogen and oxygen atoms in total. The van der Waals surface area contributed by atoms with Gasteiger partial charge in [-0.05, 0) is 43.9 Å². The molecule has 7 heteroatoms. The lowest BCUT2D eigenvalue weighted by Gasteiger charge is -2.17. The molecule has 0 aliphatic heterocycles. The summed E-state index contributed by atoms with van der Waals surface area (Å²) in [5.74, 6) is 3.00. The number of terminal acetylenes is 1. The maximum Gasteiger partial charge on any atom is 0.272 e. The molecule has 2 heterocycles. The zero-order valence-corrected chi connectivity index (χ0v) is 16.9. The maximum atomic E-state index is 12.5. The number of thioether (sulfide) groups is 1. The van der Waals surface area contributed by atoms with Crippen molar-refractivity contribution in [3.8, 4) is 18.1 Å². The number of aryl methyl sites for hydroxylation is 2. The van der Waals surface area contributed by atoms with E-state index >= 15 is 0 Å². The Morgan fingerprint density at radius 1 is 1.41 bits per heavy atom. The van der Waals surface area contributed by atoms with E-state index in [1.165, 1.54) is 23.1 Å². The second-order valence-corrected chi connectivity index (χ2v) is 7.81. The Bertz CT molecular complexity index is 1020. The average Bonchev–Trinajstić information content (AvgIpc) is 3.09. The lowest BCUT2D eigenvalue weighted by atomic mass is 10.1. The van der Waals surface area contributed by atoms with Crippen molar-refractivity contribution in [2.24, 2.45) is 0 Å². The van der Waals surface area contributed by atoms with E-state index in [0.717, 1.165) is 27.2 Å². The molecule has 3 aromatic rings. The van der Waals surface area contributed by atoms with E-state index in [0.29, 0.717) is 17.9 Å². The van der Waals surface area contributed by atoms with Crippen LogP contribution < -0.4 is 10.1 Å². The van der Waals surface area contributed by atoms with Crippen LogP contribution in [0.25, 0.3) is 10.9 Å². The number of carbonyl (C=O) groups excluding carboxylic acids is 1. The van der Waals surface area contributed by atoms with E-state index in [9.17, 15) is 4.79 Å². The zero-order valence-electron chi connectivity index (χ0n) is 15.3. The van der Waals surface area contributed by atoms with Crippen LogP contribution in [0.1, 0.15) is 21.8 Å². The topological polar surface area (TPSA) is 64.1 Å². The number of benzene rings is 1. The van der Waals surface area contributed by atoms with Gasteiger partial charge in [-0.25, -0.2) is 4.98 Å². The molecule has 138 valence electrons. The number of pyridine rings is 1. The monoisotopic (exact) mass is 397 g/mol.